The van der Waals surface area contributed by atoms with Crippen LogP contribution in [0, 0.1) is 12.2 Å². The first-order chi connectivity index (χ1) is 13.5. The number of rotatable bonds is 8. The van der Waals surface area contributed by atoms with Gasteiger partial charge in [-0.15, -0.1) is 0 Å². The summed E-state index contributed by atoms with van der Waals surface area (Å²) < 4.78 is 27.0. The van der Waals surface area contributed by atoms with E-state index in [-0.39, 0.29) is 10.9 Å². The minimum atomic E-state index is -1.80. The summed E-state index contributed by atoms with van der Waals surface area (Å²) >= 11 is 3.40. The number of benzene rings is 1. The Morgan fingerprint density at radius 1 is 1.17 bits per heavy atom. The Hall–Kier alpha value is -0.923. The summed E-state index contributed by atoms with van der Waals surface area (Å²) in [4.78, 5) is 12.5. The average Bonchev–Trinajstić information content (AvgIpc) is 2.53. The highest BCUT2D eigenvalue weighted by atomic mass is 79.9. The van der Waals surface area contributed by atoms with Gasteiger partial charge in [-0.2, -0.15) is 0 Å². The number of unbranched alkanes of at least 4 members (excludes halogenated alkanes) is 1. The number of alkyl carbamates (subject to hydrolysis) is 1. The molecule has 1 rings (SSSR count). The fourth-order valence-corrected chi connectivity index (χ4v) is 4.11. The smallest absolute Gasteiger partial charge is 0.408 e. The van der Waals surface area contributed by atoms with Crippen LogP contribution < -0.4 is 5.32 Å². The van der Waals surface area contributed by atoms with Crippen LogP contribution in [0.3, 0.4) is 0 Å². The van der Waals surface area contributed by atoms with Crippen LogP contribution >= 0.6 is 15.9 Å². The molecule has 0 saturated heterocycles. The molecule has 7 heteroatoms. The number of ether oxygens (including phenoxy) is 1. The highest BCUT2D eigenvalue weighted by Gasteiger charge is 2.37. The Labute approximate surface area is 191 Å². The molecule has 0 fully saturated rings. The van der Waals surface area contributed by atoms with E-state index in [1.165, 1.54) is 6.07 Å². The van der Waals surface area contributed by atoms with E-state index in [0.717, 1.165) is 10.9 Å². The van der Waals surface area contributed by atoms with Gasteiger partial charge in [0.05, 0.1) is 5.54 Å². The van der Waals surface area contributed by atoms with Crippen molar-refractivity contribution in [2.45, 2.75) is 90.6 Å². The van der Waals surface area contributed by atoms with Crippen LogP contribution in [0.15, 0.2) is 22.7 Å². The number of carbonyl (C=O) groups is 1. The highest BCUT2D eigenvalue weighted by Crippen LogP contribution is 2.37. The predicted molar refractivity (Wildman–Crippen MR) is 128 cm³/mol. The van der Waals surface area contributed by atoms with Crippen LogP contribution in [-0.4, -0.2) is 26.6 Å². The Morgan fingerprint density at radius 2 is 1.77 bits per heavy atom. The maximum atomic E-state index is 14.7. The quantitative estimate of drug-likeness (QED) is 0.298. The molecule has 1 aromatic carbocycles. The predicted octanol–water partition coefficient (Wildman–Crippen LogP) is 7.33. The fraction of sp³-hybridized carbons (Fsp3) is 0.652. The molecule has 0 bridgehead atoms. The van der Waals surface area contributed by atoms with Crippen LogP contribution in [0.25, 0.3) is 0 Å². The minimum absolute atomic E-state index is 0.156. The summed E-state index contributed by atoms with van der Waals surface area (Å²) in [6.07, 6.45) is 2.79. The molecule has 1 atom stereocenters. The first kappa shape index (κ1) is 27.1. The molecule has 0 aromatic heterocycles. The van der Waals surface area contributed by atoms with Crippen molar-refractivity contribution >= 4 is 30.3 Å². The van der Waals surface area contributed by atoms with Crippen molar-refractivity contribution in [3.63, 3.8) is 0 Å². The standard InChI is InChI=1S/C23H38BrFNO3Si/c1-21(2,3)29-20(27)26-23(7,18-16-17(24)12-13-19(18)25)14-10-11-15-28-30(8,9)22(4,5)6/h12-14,16H,10-11,15H2,1-9H3,(H,26,27)/t23-/m1/s1. The van der Waals surface area contributed by atoms with Gasteiger partial charge < -0.3 is 14.5 Å². The number of halogens is 2. The molecule has 1 aromatic rings. The lowest BCUT2D eigenvalue weighted by molar-refractivity contribution is 0.0473. The maximum Gasteiger partial charge on any atom is 0.408 e. The van der Waals surface area contributed by atoms with E-state index in [9.17, 15) is 9.18 Å². The zero-order valence-corrected chi connectivity index (χ0v) is 22.5. The lowest BCUT2D eigenvalue weighted by Crippen LogP contribution is -2.46. The zero-order valence-electron chi connectivity index (χ0n) is 19.9. The Morgan fingerprint density at radius 3 is 2.30 bits per heavy atom. The van der Waals surface area contributed by atoms with Gasteiger partial charge >= 0.3 is 6.09 Å². The van der Waals surface area contributed by atoms with E-state index in [1.807, 2.05) is 6.42 Å². The van der Waals surface area contributed by atoms with Gasteiger partial charge in [-0.3, -0.25) is 0 Å². The number of hydrogen-bond acceptors (Lipinski definition) is 3. The summed E-state index contributed by atoms with van der Waals surface area (Å²) in [6, 6.07) is 4.72. The number of amides is 1. The van der Waals surface area contributed by atoms with Gasteiger partial charge in [-0.1, -0.05) is 36.7 Å². The third-order valence-corrected chi connectivity index (χ3v) is 10.5. The SMILES string of the molecule is CC(C)(C)OC(=O)N[C@](C)([CH]CCCO[Si](C)(C)C(C)(C)C)c1cc(Br)ccc1F. The molecule has 0 unspecified atom stereocenters. The lowest BCUT2D eigenvalue weighted by Gasteiger charge is -2.36. The average molecular weight is 504 g/mol. The third kappa shape index (κ3) is 8.31. The van der Waals surface area contributed by atoms with Gasteiger partial charge in [0.15, 0.2) is 8.32 Å². The third-order valence-electron chi connectivity index (χ3n) is 5.42. The van der Waals surface area contributed by atoms with E-state index < -0.39 is 25.6 Å². The molecular formula is C23H38BrFNO3Si. The van der Waals surface area contributed by atoms with Crippen LogP contribution in [0.4, 0.5) is 9.18 Å². The van der Waals surface area contributed by atoms with Crippen molar-refractivity contribution in [2.75, 3.05) is 6.61 Å². The van der Waals surface area contributed by atoms with Crippen molar-refractivity contribution in [1.29, 1.82) is 0 Å². The molecule has 171 valence electrons. The highest BCUT2D eigenvalue weighted by molar-refractivity contribution is 9.10. The van der Waals surface area contributed by atoms with Gasteiger partial charge in [-0.25, -0.2) is 9.18 Å². The number of hydrogen-bond donors (Lipinski definition) is 1. The van der Waals surface area contributed by atoms with Gasteiger partial charge in [0.2, 0.25) is 0 Å². The molecule has 0 saturated carbocycles. The lowest BCUT2D eigenvalue weighted by atomic mass is 9.86. The van der Waals surface area contributed by atoms with Crippen LogP contribution in [0.2, 0.25) is 18.1 Å². The van der Waals surface area contributed by atoms with Crippen LogP contribution in [0.5, 0.6) is 0 Å². The summed E-state index contributed by atoms with van der Waals surface area (Å²) in [5, 5.41) is 3.01. The Kier molecular flexibility index (Phi) is 9.16. The summed E-state index contributed by atoms with van der Waals surface area (Å²) in [6.45, 7) is 18.9. The molecule has 1 amide bonds. The molecule has 0 aliphatic rings. The van der Waals surface area contributed by atoms with E-state index in [0.29, 0.717) is 18.6 Å². The van der Waals surface area contributed by atoms with E-state index >= 15 is 0 Å². The second-order valence-corrected chi connectivity index (χ2v) is 16.1. The van der Waals surface area contributed by atoms with Crippen molar-refractivity contribution < 1.29 is 18.3 Å². The normalized spacial score (nSPS) is 14.9. The van der Waals surface area contributed by atoms with Gasteiger partial charge in [-0.05, 0) is 83.3 Å². The Bertz CT molecular complexity index is 728. The van der Waals surface area contributed by atoms with E-state index in [4.69, 9.17) is 9.16 Å². The van der Waals surface area contributed by atoms with Crippen LogP contribution in [-0.2, 0) is 14.7 Å². The molecule has 1 radical (unpaired) electrons. The molecule has 4 nitrogen and oxygen atoms in total. The van der Waals surface area contributed by atoms with E-state index in [1.54, 1.807) is 39.8 Å². The van der Waals surface area contributed by atoms with E-state index in [2.05, 4.69) is 55.1 Å². The number of carbonyl (C=O) groups excluding carboxylic acids is 1. The largest absolute Gasteiger partial charge is 0.444 e. The molecule has 0 aliphatic heterocycles. The van der Waals surface area contributed by atoms with Crippen molar-refractivity contribution in [1.82, 2.24) is 5.32 Å². The molecular weight excluding hydrogens is 465 g/mol. The second-order valence-electron chi connectivity index (χ2n) is 10.4. The molecule has 0 aliphatic carbocycles. The Balaban J connectivity index is 2.89. The van der Waals surface area contributed by atoms with Crippen LogP contribution in [0.1, 0.15) is 66.9 Å². The molecule has 1 N–H and O–H groups in total. The zero-order chi connectivity index (χ0) is 23.4. The van der Waals surface area contributed by atoms with Gasteiger partial charge in [0.1, 0.15) is 11.4 Å². The summed E-state index contributed by atoms with van der Waals surface area (Å²) in [7, 11) is -1.80. The second kappa shape index (κ2) is 10.1. The van der Waals surface area contributed by atoms with Gasteiger partial charge in [0.25, 0.3) is 0 Å². The summed E-state index contributed by atoms with van der Waals surface area (Å²) in [5.41, 5.74) is -1.28. The molecule has 30 heavy (non-hydrogen) atoms. The van der Waals surface area contributed by atoms with Crippen molar-refractivity contribution in [3.8, 4) is 0 Å². The minimum Gasteiger partial charge on any atom is -0.444 e. The van der Waals surface area contributed by atoms with Gasteiger partial charge in [0, 0.05) is 16.6 Å². The monoisotopic (exact) mass is 502 g/mol. The molecule has 0 heterocycles. The topological polar surface area (TPSA) is 47.6 Å². The first-order valence-corrected chi connectivity index (χ1v) is 14.1. The first-order valence-electron chi connectivity index (χ1n) is 10.4. The fourth-order valence-electron chi connectivity index (χ4n) is 2.66. The van der Waals surface area contributed by atoms with Crippen molar-refractivity contribution in [3.05, 3.63) is 40.5 Å². The van der Waals surface area contributed by atoms with Crippen molar-refractivity contribution in [2.24, 2.45) is 0 Å². The number of nitrogens with one attached hydrogen (secondary N) is 1. The maximum absolute atomic E-state index is 14.7. The molecule has 0 spiro atoms. The summed E-state index contributed by atoms with van der Waals surface area (Å²) in [5.74, 6) is -0.384.